The van der Waals surface area contributed by atoms with Gasteiger partial charge in [-0.2, -0.15) is 0 Å². The van der Waals surface area contributed by atoms with Gasteiger partial charge in [0.25, 0.3) is 0 Å². The highest BCUT2D eigenvalue weighted by Gasteiger charge is 2.21. The largest absolute Gasteiger partial charge is 0.367 e. The first-order valence-electron chi connectivity index (χ1n) is 6.17. The molecule has 1 heterocycles. The predicted octanol–water partition coefficient (Wildman–Crippen LogP) is 2.08. The molecule has 0 radical (unpaired) electrons. The maximum Gasteiger partial charge on any atom is 0.353 e. The van der Waals surface area contributed by atoms with Gasteiger partial charge in [0.15, 0.2) is 0 Å². The molecule has 0 saturated carbocycles. The van der Waals surface area contributed by atoms with E-state index < -0.39 is 4.92 Å². The molecule has 2 N–H and O–H groups in total. The van der Waals surface area contributed by atoms with E-state index in [1.54, 1.807) is 7.05 Å². The third kappa shape index (κ3) is 3.19. The molecule has 7 nitrogen and oxygen atoms in total. The van der Waals surface area contributed by atoms with Gasteiger partial charge in [-0.1, -0.05) is 30.3 Å². The quantitative estimate of drug-likeness (QED) is 0.618. The Labute approximate surface area is 116 Å². The Morgan fingerprint density at radius 2 is 1.90 bits per heavy atom. The number of hydrogen-bond acceptors (Lipinski definition) is 6. The predicted molar refractivity (Wildman–Crippen MR) is 76.9 cm³/mol. The van der Waals surface area contributed by atoms with E-state index in [2.05, 4.69) is 20.6 Å². The molecule has 0 amide bonds. The SMILES string of the molecule is CNc1ncnc(NCCc2ccccc2)c1[N+](=O)[O-]. The fourth-order valence-electron chi connectivity index (χ4n) is 1.83. The summed E-state index contributed by atoms with van der Waals surface area (Å²) in [6.07, 6.45) is 2.06. The second-order valence-corrected chi connectivity index (χ2v) is 4.09. The first-order chi connectivity index (χ1) is 9.72. The van der Waals surface area contributed by atoms with Crippen LogP contribution in [0.5, 0.6) is 0 Å². The molecule has 1 aromatic carbocycles. The van der Waals surface area contributed by atoms with Crippen LogP contribution in [0.4, 0.5) is 17.3 Å². The minimum absolute atomic E-state index is 0.136. The lowest BCUT2D eigenvalue weighted by Crippen LogP contribution is -2.10. The minimum atomic E-state index is -0.489. The molecule has 1 aromatic heterocycles. The van der Waals surface area contributed by atoms with E-state index in [1.807, 2.05) is 30.3 Å². The van der Waals surface area contributed by atoms with Gasteiger partial charge in [-0.05, 0) is 12.0 Å². The molecule has 0 atom stereocenters. The van der Waals surface area contributed by atoms with Crippen molar-refractivity contribution in [2.75, 3.05) is 24.2 Å². The first kappa shape index (κ1) is 13.7. The van der Waals surface area contributed by atoms with E-state index in [9.17, 15) is 10.1 Å². The smallest absolute Gasteiger partial charge is 0.353 e. The number of rotatable bonds is 6. The molecule has 0 spiro atoms. The van der Waals surface area contributed by atoms with Gasteiger partial charge < -0.3 is 10.6 Å². The summed E-state index contributed by atoms with van der Waals surface area (Å²) in [5, 5.41) is 16.8. The van der Waals surface area contributed by atoms with Crippen LogP contribution in [0, 0.1) is 10.1 Å². The Morgan fingerprint density at radius 1 is 1.20 bits per heavy atom. The molecule has 2 aromatic rings. The van der Waals surface area contributed by atoms with Crippen LogP contribution in [-0.4, -0.2) is 28.5 Å². The van der Waals surface area contributed by atoms with Gasteiger partial charge in [0.1, 0.15) is 6.33 Å². The molecule has 0 aliphatic carbocycles. The van der Waals surface area contributed by atoms with Crippen LogP contribution in [-0.2, 0) is 6.42 Å². The van der Waals surface area contributed by atoms with Crippen LogP contribution in [0.25, 0.3) is 0 Å². The molecule has 20 heavy (non-hydrogen) atoms. The Morgan fingerprint density at radius 3 is 2.55 bits per heavy atom. The molecule has 0 fully saturated rings. The second kappa shape index (κ2) is 6.46. The van der Waals surface area contributed by atoms with Crippen LogP contribution in [0.15, 0.2) is 36.7 Å². The fraction of sp³-hybridized carbons (Fsp3) is 0.231. The molecule has 0 unspecified atom stereocenters. The normalized spacial score (nSPS) is 10.1. The Hall–Kier alpha value is -2.70. The molecule has 104 valence electrons. The summed E-state index contributed by atoms with van der Waals surface area (Å²) in [5.41, 5.74) is 1.02. The molecule has 0 aliphatic heterocycles. The minimum Gasteiger partial charge on any atom is -0.367 e. The van der Waals surface area contributed by atoms with Gasteiger partial charge in [-0.25, -0.2) is 9.97 Å². The summed E-state index contributed by atoms with van der Waals surface area (Å²) in [5.74, 6) is 0.428. The average molecular weight is 273 g/mol. The van der Waals surface area contributed by atoms with Crippen molar-refractivity contribution in [3.63, 3.8) is 0 Å². The number of nitro groups is 1. The third-order valence-electron chi connectivity index (χ3n) is 2.79. The van der Waals surface area contributed by atoms with Gasteiger partial charge >= 0.3 is 5.69 Å². The van der Waals surface area contributed by atoms with E-state index in [4.69, 9.17) is 0 Å². The number of anilines is 2. The number of nitrogens with one attached hydrogen (secondary N) is 2. The Balaban J connectivity index is 2.08. The van der Waals surface area contributed by atoms with Gasteiger partial charge in [0.05, 0.1) is 4.92 Å². The highest BCUT2D eigenvalue weighted by atomic mass is 16.6. The third-order valence-corrected chi connectivity index (χ3v) is 2.79. The van der Waals surface area contributed by atoms with Crippen molar-refractivity contribution in [2.45, 2.75) is 6.42 Å². The number of benzene rings is 1. The summed E-state index contributed by atoms with van der Waals surface area (Å²) < 4.78 is 0. The van der Waals surface area contributed by atoms with Crippen molar-refractivity contribution >= 4 is 17.3 Å². The van der Waals surface area contributed by atoms with Crippen molar-refractivity contribution in [3.8, 4) is 0 Å². The number of hydrogen-bond donors (Lipinski definition) is 2. The number of aromatic nitrogens is 2. The highest BCUT2D eigenvalue weighted by Crippen LogP contribution is 2.28. The Bertz CT molecular complexity index is 589. The topological polar surface area (TPSA) is 93.0 Å². The van der Waals surface area contributed by atoms with Gasteiger partial charge in [-0.3, -0.25) is 10.1 Å². The summed E-state index contributed by atoms with van der Waals surface area (Å²) in [6, 6.07) is 9.89. The Kier molecular flexibility index (Phi) is 4.43. The van der Waals surface area contributed by atoms with Crippen LogP contribution in [0.1, 0.15) is 5.56 Å². The molecular weight excluding hydrogens is 258 g/mol. The first-order valence-corrected chi connectivity index (χ1v) is 6.17. The summed E-state index contributed by atoms with van der Waals surface area (Å²) in [7, 11) is 1.59. The average Bonchev–Trinajstić information content (AvgIpc) is 2.47. The van der Waals surface area contributed by atoms with Crippen molar-refractivity contribution in [1.29, 1.82) is 0 Å². The monoisotopic (exact) mass is 273 g/mol. The maximum absolute atomic E-state index is 11.1. The van der Waals surface area contributed by atoms with Gasteiger partial charge in [-0.15, -0.1) is 0 Å². The van der Waals surface area contributed by atoms with E-state index in [0.717, 1.165) is 12.0 Å². The fourth-order valence-corrected chi connectivity index (χ4v) is 1.83. The van der Waals surface area contributed by atoms with Crippen molar-refractivity contribution < 1.29 is 4.92 Å². The van der Waals surface area contributed by atoms with Crippen LogP contribution in [0.3, 0.4) is 0 Å². The van der Waals surface area contributed by atoms with E-state index in [-0.39, 0.29) is 17.3 Å². The molecule has 0 aliphatic rings. The lowest BCUT2D eigenvalue weighted by molar-refractivity contribution is -0.383. The van der Waals surface area contributed by atoms with Gasteiger partial charge in [0, 0.05) is 13.6 Å². The number of nitrogens with zero attached hydrogens (tertiary/aromatic N) is 3. The molecule has 2 rings (SSSR count). The maximum atomic E-state index is 11.1. The molecule has 0 saturated heterocycles. The van der Waals surface area contributed by atoms with Crippen LogP contribution < -0.4 is 10.6 Å². The summed E-state index contributed by atoms with van der Waals surface area (Å²) in [6.45, 7) is 0.561. The second-order valence-electron chi connectivity index (χ2n) is 4.09. The lowest BCUT2D eigenvalue weighted by Gasteiger charge is -2.08. The lowest BCUT2D eigenvalue weighted by atomic mass is 10.1. The standard InChI is InChI=1S/C13H15N5O2/c1-14-12-11(18(19)20)13(17-9-16-12)15-8-7-10-5-3-2-4-6-10/h2-6,9H,7-8H2,1H3,(H2,14,15,16,17). The zero-order valence-electron chi connectivity index (χ0n) is 11.0. The van der Waals surface area contributed by atoms with Crippen molar-refractivity contribution in [3.05, 3.63) is 52.3 Å². The highest BCUT2D eigenvalue weighted by molar-refractivity contribution is 5.68. The molecule has 7 heteroatoms. The van der Waals surface area contributed by atoms with Crippen molar-refractivity contribution in [1.82, 2.24) is 9.97 Å². The zero-order valence-corrected chi connectivity index (χ0v) is 11.0. The van der Waals surface area contributed by atoms with E-state index in [0.29, 0.717) is 6.54 Å². The van der Waals surface area contributed by atoms with Crippen LogP contribution in [0.2, 0.25) is 0 Å². The summed E-state index contributed by atoms with van der Waals surface area (Å²) >= 11 is 0. The van der Waals surface area contributed by atoms with Gasteiger partial charge in [0.2, 0.25) is 11.6 Å². The van der Waals surface area contributed by atoms with E-state index in [1.165, 1.54) is 6.33 Å². The summed E-state index contributed by atoms with van der Waals surface area (Å²) in [4.78, 5) is 18.4. The molecule has 0 bridgehead atoms. The van der Waals surface area contributed by atoms with Crippen LogP contribution >= 0.6 is 0 Å². The van der Waals surface area contributed by atoms with Crippen molar-refractivity contribution in [2.24, 2.45) is 0 Å². The molecular formula is C13H15N5O2. The zero-order chi connectivity index (χ0) is 14.4. The van der Waals surface area contributed by atoms with E-state index >= 15 is 0 Å².